The van der Waals surface area contributed by atoms with E-state index in [-0.39, 0.29) is 21.1 Å². The summed E-state index contributed by atoms with van der Waals surface area (Å²) in [5, 5.41) is 0. The molecule has 1 aliphatic rings. The predicted molar refractivity (Wildman–Crippen MR) is 44.9 cm³/mol. The van der Waals surface area contributed by atoms with Gasteiger partial charge in [-0.1, -0.05) is 12.8 Å². The Morgan fingerprint density at radius 3 is 2.00 bits per heavy atom. The number of hydrogen-bond acceptors (Lipinski definition) is 1. The Labute approximate surface area is 84.8 Å². The molecule has 0 aliphatic heterocycles. The maximum atomic E-state index is 2.35. The SMILES string of the molecule is C[C-]1CCC(N(C)C)CC1.[W+2]. The second-order valence-corrected chi connectivity index (χ2v) is 3.65. The van der Waals surface area contributed by atoms with Crippen LogP contribution in [0.1, 0.15) is 32.6 Å². The van der Waals surface area contributed by atoms with E-state index in [4.69, 9.17) is 0 Å². The van der Waals surface area contributed by atoms with E-state index in [0.29, 0.717) is 0 Å². The molecule has 0 saturated heterocycles. The summed E-state index contributed by atoms with van der Waals surface area (Å²) >= 11 is 0. The normalized spacial score (nSPS) is 21.8. The second-order valence-electron chi connectivity index (χ2n) is 3.65. The summed E-state index contributed by atoms with van der Waals surface area (Å²) in [6, 6.07) is 0.851. The van der Waals surface area contributed by atoms with E-state index in [1.54, 1.807) is 5.92 Å². The van der Waals surface area contributed by atoms with Gasteiger partial charge in [-0.2, -0.15) is 19.8 Å². The van der Waals surface area contributed by atoms with Crippen LogP contribution in [0.25, 0.3) is 0 Å². The van der Waals surface area contributed by atoms with Crippen LogP contribution in [0, 0.1) is 5.92 Å². The van der Waals surface area contributed by atoms with Gasteiger partial charge >= 0.3 is 21.1 Å². The molecule has 1 fully saturated rings. The van der Waals surface area contributed by atoms with E-state index in [0.717, 1.165) is 6.04 Å². The Balaban J connectivity index is 0.000001000. The van der Waals surface area contributed by atoms with Crippen molar-refractivity contribution in [3.05, 3.63) is 5.92 Å². The van der Waals surface area contributed by atoms with Crippen LogP contribution in [0.2, 0.25) is 0 Å². The third-order valence-electron chi connectivity index (χ3n) is 2.54. The summed E-state index contributed by atoms with van der Waals surface area (Å²) in [5.74, 6) is 1.69. The van der Waals surface area contributed by atoms with Crippen LogP contribution in [0.15, 0.2) is 0 Å². The summed E-state index contributed by atoms with van der Waals surface area (Å²) in [4.78, 5) is 2.35. The van der Waals surface area contributed by atoms with Crippen molar-refractivity contribution in [1.29, 1.82) is 0 Å². The first-order valence-corrected chi connectivity index (χ1v) is 4.18. The zero-order valence-corrected chi connectivity index (χ0v) is 10.7. The van der Waals surface area contributed by atoms with Crippen molar-refractivity contribution in [2.24, 2.45) is 0 Å². The van der Waals surface area contributed by atoms with Gasteiger partial charge < -0.3 is 10.8 Å². The van der Waals surface area contributed by atoms with Gasteiger partial charge in [0.05, 0.1) is 0 Å². The van der Waals surface area contributed by atoms with Crippen molar-refractivity contribution >= 4 is 0 Å². The third kappa shape index (κ3) is 3.71. The zero-order valence-electron chi connectivity index (χ0n) is 7.76. The number of nitrogens with zero attached hydrogens (tertiary/aromatic N) is 1. The number of hydrogen-bond donors (Lipinski definition) is 0. The smallest absolute Gasteiger partial charge is 0.317 e. The molecule has 0 N–H and O–H groups in total. The fourth-order valence-electron chi connectivity index (χ4n) is 1.61. The summed E-state index contributed by atoms with van der Waals surface area (Å²) in [6.45, 7) is 2.28. The van der Waals surface area contributed by atoms with E-state index in [9.17, 15) is 0 Å². The summed E-state index contributed by atoms with van der Waals surface area (Å²) in [6.07, 6.45) is 5.45. The molecule has 2 heteroatoms. The minimum absolute atomic E-state index is 0. The van der Waals surface area contributed by atoms with Crippen LogP contribution < -0.4 is 0 Å². The largest absolute Gasteiger partial charge is 2.00 e. The fraction of sp³-hybridized carbons (Fsp3) is 0.889. The maximum absolute atomic E-state index is 2.35. The molecule has 11 heavy (non-hydrogen) atoms. The van der Waals surface area contributed by atoms with E-state index >= 15 is 0 Å². The average Bonchev–Trinajstić information content (AvgIpc) is 1.88. The molecule has 0 bridgehead atoms. The molecular weight excluding hydrogens is 306 g/mol. The van der Waals surface area contributed by atoms with Gasteiger partial charge in [0, 0.05) is 6.04 Å². The first-order chi connectivity index (χ1) is 4.70. The molecule has 1 aliphatic carbocycles. The van der Waals surface area contributed by atoms with Crippen molar-refractivity contribution in [3.63, 3.8) is 0 Å². The predicted octanol–water partition coefficient (Wildman–Crippen LogP) is 2.08. The molecule has 0 aromatic heterocycles. The van der Waals surface area contributed by atoms with Crippen molar-refractivity contribution < 1.29 is 21.1 Å². The standard InChI is InChI=1S/C9H18N.W/c1-8-4-6-9(7-5-8)10(2)3;/h9H,4-7H2,1-3H3;/q-1;+2. The molecule has 1 nitrogen and oxygen atoms in total. The molecule has 0 aromatic rings. The van der Waals surface area contributed by atoms with Crippen molar-refractivity contribution in [2.75, 3.05) is 14.1 Å². The Hall–Kier alpha value is 0.648. The minimum atomic E-state index is 0. The van der Waals surface area contributed by atoms with Gasteiger partial charge in [0.25, 0.3) is 0 Å². The third-order valence-corrected chi connectivity index (χ3v) is 2.54. The van der Waals surface area contributed by atoms with Crippen LogP contribution in [0.4, 0.5) is 0 Å². The second kappa shape index (κ2) is 5.32. The molecule has 0 heterocycles. The molecule has 0 unspecified atom stereocenters. The molecule has 0 radical (unpaired) electrons. The van der Waals surface area contributed by atoms with Gasteiger partial charge in [-0.25, -0.2) is 0 Å². The average molecular weight is 324 g/mol. The van der Waals surface area contributed by atoms with E-state index in [1.165, 1.54) is 25.7 Å². The van der Waals surface area contributed by atoms with Gasteiger partial charge in [-0.3, -0.25) is 0 Å². The molecule has 0 spiro atoms. The van der Waals surface area contributed by atoms with Crippen LogP contribution >= 0.6 is 0 Å². The quantitative estimate of drug-likeness (QED) is 0.668. The van der Waals surface area contributed by atoms with Crippen molar-refractivity contribution in [2.45, 2.75) is 38.6 Å². The summed E-state index contributed by atoms with van der Waals surface area (Å²) in [5.41, 5.74) is 0. The Kier molecular flexibility index (Phi) is 5.64. The van der Waals surface area contributed by atoms with E-state index < -0.39 is 0 Å². The summed E-state index contributed by atoms with van der Waals surface area (Å²) in [7, 11) is 4.37. The number of rotatable bonds is 1. The molecule has 1 rings (SSSR count). The van der Waals surface area contributed by atoms with Crippen molar-refractivity contribution in [3.8, 4) is 0 Å². The van der Waals surface area contributed by atoms with Gasteiger partial charge in [-0.15, -0.1) is 0 Å². The minimum Gasteiger partial charge on any atom is -0.317 e. The zero-order chi connectivity index (χ0) is 7.56. The Bertz CT molecular complexity index is 95.7. The Morgan fingerprint density at radius 1 is 1.18 bits per heavy atom. The molecule has 64 valence electrons. The van der Waals surface area contributed by atoms with Gasteiger partial charge in [0.2, 0.25) is 0 Å². The van der Waals surface area contributed by atoms with Gasteiger partial charge in [-0.05, 0) is 14.1 Å². The molecule has 0 aromatic carbocycles. The van der Waals surface area contributed by atoms with Gasteiger partial charge in [0.1, 0.15) is 0 Å². The van der Waals surface area contributed by atoms with Gasteiger partial charge in [0.15, 0.2) is 0 Å². The molecule has 0 amide bonds. The first kappa shape index (κ1) is 11.6. The molecule has 0 atom stereocenters. The van der Waals surface area contributed by atoms with Crippen LogP contribution in [0.3, 0.4) is 0 Å². The monoisotopic (exact) mass is 324 g/mol. The van der Waals surface area contributed by atoms with Crippen LogP contribution in [0.5, 0.6) is 0 Å². The van der Waals surface area contributed by atoms with E-state index in [1.807, 2.05) is 0 Å². The Morgan fingerprint density at radius 2 is 1.64 bits per heavy atom. The molecular formula is C9H18NW+. The van der Waals surface area contributed by atoms with Crippen LogP contribution in [-0.2, 0) is 21.1 Å². The topological polar surface area (TPSA) is 3.24 Å². The van der Waals surface area contributed by atoms with E-state index in [2.05, 4.69) is 25.9 Å². The van der Waals surface area contributed by atoms with Crippen molar-refractivity contribution in [1.82, 2.24) is 4.90 Å². The fourth-order valence-corrected chi connectivity index (χ4v) is 1.61. The first-order valence-electron chi connectivity index (χ1n) is 4.18. The maximum Gasteiger partial charge on any atom is 2.00 e. The summed E-state index contributed by atoms with van der Waals surface area (Å²) < 4.78 is 0. The van der Waals surface area contributed by atoms with Crippen LogP contribution in [-0.4, -0.2) is 25.0 Å². The molecule has 1 saturated carbocycles.